The molecule has 1 aliphatic heterocycles. The zero-order valence-electron chi connectivity index (χ0n) is 10.5. The second-order valence-corrected chi connectivity index (χ2v) is 4.73. The zero-order valence-corrected chi connectivity index (χ0v) is 10.5. The molecule has 98 valence electrons. The lowest BCUT2D eigenvalue weighted by Gasteiger charge is -2.17. The van der Waals surface area contributed by atoms with Gasteiger partial charge >= 0.3 is 0 Å². The summed E-state index contributed by atoms with van der Waals surface area (Å²) in [7, 11) is 0. The van der Waals surface area contributed by atoms with Crippen LogP contribution in [0.2, 0.25) is 0 Å². The van der Waals surface area contributed by atoms with E-state index in [1.54, 1.807) is 0 Å². The second-order valence-electron chi connectivity index (χ2n) is 4.73. The quantitative estimate of drug-likeness (QED) is 0.826. The number of para-hydroxylation sites is 1. The number of hydrogen-bond acceptors (Lipinski definition) is 3. The van der Waals surface area contributed by atoms with Crippen LogP contribution in [0.3, 0.4) is 0 Å². The van der Waals surface area contributed by atoms with E-state index in [9.17, 15) is 4.79 Å². The lowest BCUT2D eigenvalue weighted by atomic mass is 10.1. The first-order valence-corrected chi connectivity index (χ1v) is 6.47. The summed E-state index contributed by atoms with van der Waals surface area (Å²) in [6, 6.07) is 9.74. The first-order valence-electron chi connectivity index (χ1n) is 6.47. The van der Waals surface area contributed by atoms with Gasteiger partial charge in [0.1, 0.15) is 0 Å². The predicted molar refractivity (Wildman–Crippen MR) is 71.3 cm³/mol. The maximum absolute atomic E-state index is 12.0. The lowest BCUT2D eigenvalue weighted by molar-refractivity contribution is -0.128. The molecule has 1 atom stereocenters. The van der Waals surface area contributed by atoms with Crippen molar-refractivity contribution in [3.05, 3.63) is 30.3 Å². The molecule has 1 unspecified atom stereocenters. The second kappa shape index (κ2) is 6.40. The summed E-state index contributed by atoms with van der Waals surface area (Å²) in [6.45, 7) is 2.17. The Balaban J connectivity index is 1.76. The Hall–Kier alpha value is -1.55. The van der Waals surface area contributed by atoms with E-state index in [0.29, 0.717) is 12.5 Å². The van der Waals surface area contributed by atoms with E-state index in [4.69, 9.17) is 5.11 Å². The van der Waals surface area contributed by atoms with Crippen molar-refractivity contribution in [1.82, 2.24) is 4.90 Å². The fourth-order valence-corrected chi connectivity index (χ4v) is 2.32. The highest BCUT2D eigenvalue weighted by atomic mass is 16.3. The molecule has 1 aromatic carbocycles. The van der Waals surface area contributed by atoms with Crippen LogP contribution in [0.1, 0.15) is 12.8 Å². The third-order valence-electron chi connectivity index (χ3n) is 3.39. The molecule has 1 aromatic rings. The first kappa shape index (κ1) is 12.9. The van der Waals surface area contributed by atoms with E-state index in [-0.39, 0.29) is 12.5 Å². The minimum absolute atomic E-state index is 0.138. The molecule has 0 radical (unpaired) electrons. The van der Waals surface area contributed by atoms with Crippen molar-refractivity contribution < 1.29 is 9.90 Å². The number of rotatable bonds is 5. The average molecular weight is 248 g/mol. The smallest absolute Gasteiger partial charge is 0.241 e. The number of anilines is 1. The topological polar surface area (TPSA) is 52.6 Å². The Bertz CT molecular complexity index is 381. The van der Waals surface area contributed by atoms with Gasteiger partial charge in [-0.1, -0.05) is 18.2 Å². The average Bonchev–Trinajstić information content (AvgIpc) is 2.86. The molecular formula is C14H20N2O2. The maximum Gasteiger partial charge on any atom is 0.241 e. The van der Waals surface area contributed by atoms with Crippen molar-refractivity contribution in [3.63, 3.8) is 0 Å². The Morgan fingerprint density at radius 1 is 1.39 bits per heavy atom. The minimum atomic E-state index is 0.138. The molecule has 0 aromatic heterocycles. The number of nitrogens with zero attached hydrogens (tertiary/aromatic N) is 1. The van der Waals surface area contributed by atoms with E-state index in [2.05, 4.69) is 5.32 Å². The van der Waals surface area contributed by atoms with Crippen molar-refractivity contribution >= 4 is 11.6 Å². The van der Waals surface area contributed by atoms with Crippen molar-refractivity contribution in [2.45, 2.75) is 12.8 Å². The van der Waals surface area contributed by atoms with E-state index in [1.165, 1.54) is 0 Å². The number of aliphatic hydroxyl groups is 1. The van der Waals surface area contributed by atoms with Crippen LogP contribution < -0.4 is 5.32 Å². The molecule has 18 heavy (non-hydrogen) atoms. The van der Waals surface area contributed by atoms with Crippen LogP contribution in [0.15, 0.2) is 30.3 Å². The normalized spacial score (nSPS) is 18.9. The fourth-order valence-electron chi connectivity index (χ4n) is 2.32. The fraction of sp³-hybridized carbons (Fsp3) is 0.500. The molecule has 1 fully saturated rings. The highest BCUT2D eigenvalue weighted by Gasteiger charge is 2.25. The van der Waals surface area contributed by atoms with Gasteiger partial charge in [-0.15, -0.1) is 0 Å². The number of carbonyl (C=O) groups excluding carboxylic acids is 1. The Morgan fingerprint density at radius 2 is 2.17 bits per heavy atom. The minimum Gasteiger partial charge on any atom is -0.396 e. The Labute approximate surface area is 108 Å². The number of nitrogens with one attached hydrogen (secondary N) is 1. The number of likely N-dealkylation sites (tertiary alicyclic amines) is 1. The zero-order chi connectivity index (χ0) is 12.8. The van der Waals surface area contributed by atoms with E-state index < -0.39 is 0 Å². The molecule has 1 amide bonds. The molecule has 2 rings (SSSR count). The van der Waals surface area contributed by atoms with E-state index >= 15 is 0 Å². The van der Waals surface area contributed by atoms with Crippen LogP contribution in [0, 0.1) is 5.92 Å². The van der Waals surface area contributed by atoms with Gasteiger partial charge in [-0.25, -0.2) is 0 Å². The van der Waals surface area contributed by atoms with Gasteiger partial charge in [0.2, 0.25) is 5.91 Å². The summed E-state index contributed by atoms with van der Waals surface area (Å²) < 4.78 is 0. The maximum atomic E-state index is 12.0. The summed E-state index contributed by atoms with van der Waals surface area (Å²) in [4.78, 5) is 13.9. The molecule has 0 bridgehead atoms. The third kappa shape index (κ3) is 3.47. The molecule has 4 heteroatoms. The van der Waals surface area contributed by atoms with Gasteiger partial charge in [0, 0.05) is 25.4 Å². The van der Waals surface area contributed by atoms with Gasteiger partial charge in [0.05, 0.1) is 6.54 Å². The van der Waals surface area contributed by atoms with Crippen LogP contribution in [0.5, 0.6) is 0 Å². The van der Waals surface area contributed by atoms with Crippen LogP contribution in [0.4, 0.5) is 5.69 Å². The summed E-state index contributed by atoms with van der Waals surface area (Å²) >= 11 is 0. The molecule has 1 saturated heterocycles. The van der Waals surface area contributed by atoms with Gasteiger partial charge in [-0.05, 0) is 30.9 Å². The highest BCUT2D eigenvalue weighted by molar-refractivity contribution is 5.81. The van der Waals surface area contributed by atoms with Gasteiger partial charge in [-0.3, -0.25) is 4.79 Å². The third-order valence-corrected chi connectivity index (χ3v) is 3.39. The van der Waals surface area contributed by atoms with Gasteiger partial charge in [-0.2, -0.15) is 0 Å². The standard InChI is InChI=1S/C14H20N2O2/c17-9-7-12-6-8-16(11-12)14(18)10-15-13-4-2-1-3-5-13/h1-5,12,15,17H,6-11H2. The molecule has 0 spiro atoms. The van der Waals surface area contributed by atoms with Crippen LogP contribution in [0.25, 0.3) is 0 Å². The largest absolute Gasteiger partial charge is 0.396 e. The molecule has 0 saturated carbocycles. The van der Waals surface area contributed by atoms with E-state index in [0.717, 1.165) is 31.6 Å². The monoisotopic (exact) mass is 248 g/mol. The Morgan fingerprint density at radius 3 is 2.89 bits per heavy atom. The highest BCUT2D eigenvalue weighted by Crippen LogP contribution is 2.19. The SMILES string of the molecule is O=C(CNc1ccccc1)N1CCC(CCO)C1. The molecule has 2 N–H and O–H groups in total. The molecule has 0 aliphatic carbocycles. The summed E-state index contributed by atoms with van der Waals surface area (Å²) in [5.74, 6) is 0.606. The molecule has 4 nitrogen and oxygen atoms in total. The van der Waals surface area contributed by atoms with Crippen molar-refractivity contribution in [3.8, 4) is 0 Å². The molecular weight excluding hydrogens is 228 g/mol. The van der Waals surface area contributed by atoms with Crippen molar-refractivity contribution in [2.24, 2.45) is 5.92 Å². The van der Waals surface area contributed by atoms with Crippen LogP contribution >= 0.6 is 0 Å². The summed E-state index contributed by atoms with van der Waals surface area (Å²) in [6.07, 6.45) is 1.81. The number of hydrogen-bond donors (Lipinski definition) is 2. The molecule has 1 aliphatic rings. The van der Waals surface area contributed by atoms with Gasteiger partial charge in [0.15, 0.2) is 0 Å². The van der Waals surface area contributed by atoms with Crippen LogP contribution in [-0.4, -0.2) is 42.2 Å². The first-order chi connectivity index (χ1) is 8.79. The summed E-state index contributed by atoms with van der Waals surface area (Å²) in [5.41, 5.74) is 0.969. The molecule has 1 heterocycles. The Kier molecular flexibility index (Phi) is 4.59. The van der Waals surface area contributed by atoms with Gasteiger partial charge in [0.25, 0.3) is 0 Å². The predicted octanol–water partition coefficient (Wildman–Crippen LogP) is 1.33. The number of aliphatic hydroxyl groups excluding tert-OH is 1. The van der Waals surface area contributed by atoms with E-state index in [1.807, 2.05) is 35.2 Å². The van der Waals surface area contributed by atoms with Crippen molar-refractivity contribution in [2.75, 3.05) is 31.6 Å². The lowest BCUT2D eigenvalue weighted by Crippen LogP contribution is -2.33. The number of amides is 1. The van der Waals surface area contributed by atoms with Gasteiger partial charge < -0.3 is 15.3 Å². The van der Waals surface area contributed by atoms with Crippen LogP contribution in [-0.2, 0) is 4.79 Å². The summed E-state index contributed by atoms with van der Waals surface area (Å²) in [5, 5.41) is 12.0. The number of benzene rings is 1. The number of carbonyl (C=O) groups is 1. The van der Waals surface area contributed by atoms with Crippen molar-refractivity contribution in [1.29, 1.82) is 0 Å².